The Bertz CT molecular complexity index is 1160. The topological polar surface area (TPSA) is 95.2 Å². The minimum atomic E-state index is -4.10. The highest BCUT2D eigenvalue weighted by Gasteiger charge is 2.26. The number of rotatable bonds is 3. The van der Waals surface area contributed by atoms with Gasteiger partial charge in [0.25, 0.3) is 0 Å². The molecule has 0 spiro atoms. The molecular formula is C20H18FN3O3S. The van der Waals surface area contributed by atoms with E-state index in [0.29, 0.717) is 29.7 Å². The monoisotopic (exact) mass is 399 g/mol. The average molecular weight is 399 g/mol. The van der Waals surface area contributed by atoms with Crippen LogP contribution in [0.4, 0.5) is 10.3 Å². The van der Waals surface area contributed by atoms with E-state index in [2.05, 4.69) is 9.97 Å². The summed E-state index contributed by atoms with van der Waals surface area (Å²) in [6.07, 6.45) is 1.92. The Morgan fingerprint density at radius 2 is 1.82 bits per heavy atom. The van der Waals surface area contributed by atoms with Gasteiger partial charge in [-0.2, -0.15) is 13.4 Å². The second-order valence-corrected chi connectivity index (χ2v) is 8.27. The van der Waals surface area contributed by atoms with Gasteiger partial charge in [0.15, 0.2) is 0 Å². The van der Waals surface area contributed by atoms with Gasteiger partial charge in [0.2, 0.25) is 11.8 Å². The van der Waals surface area contributed by atoms with Gasteiger partial charge in [0, 0.05) is 11.1 Å². The van der Waals surface area contributed by atoms with Crippen molar-refractivity contribution in [1.29, 1.82) is 0 Å². The number of hydrogen-bond donors (Lipinski definition) is 1. The van der Waals surface area contributed by atoms with E-state index < -0.39 is 15.9 Å². The molecule has 1 heterocycles. The van der Waals surface area contributed by atoms with Crippen LogP contribution in [0.5, 0.6) is 5.88 Å². The molecule has 1 aliphatic rings. The van der Waals surface area contributed by atoms with Crippen molar-refractivity contribution in [3.63, 3.8) is 0 Å². The lowest BCUT2D eigenvalue weighted by atomic mass is 10.0. The van der Waals surface area contributed by atoms with Crippen LogP contribution in [0, 0.1) is 12.7 Å². The third kappa shape index (κ3) is 3.43. The first-order valence-electron chi connectivity index (χ1n) is 8.80. The van der Waals surface area contributed by atoms with Crippen LogP contribution in [-0.4, -0.2) is 18.4 Å². The first-order chi connectivity index (χ1) is 13.3. The number of anilines is 1. The molecule has 1 aliphatic carbocycles. The second-order valence-electron chi connectivity index (χ2n) is 6.72. The normalized spacial score (nSPS) is 13.4. The fraction of sp³-hybridized carbons (Fsp3) is 0.200. The maximum atomic E-state index is 13.8. The van der Waals surface area contributed by atoms with Gasteiger partial charge in [-0.25, -0.2) is 9.37 Å². The fourth-order valence-electron chi connectivity index (χ4n) is 3.30. The second kappa shape index (κ2) is 6.87. The maximum Gasteiger partial charge on any atom is 0.340 e. The zero-order valence-electron chi connectivity index (χ0n) is 15.1. The molecule has 0 unspecified atom stereocenters. The molecule has 0 bridgehead atoms. The lowest BCUT2D eigenvalue weighted by molar-refractivity contribution is 0.471. The molecule has 0 atom stereocenters. The molecule has 0 saturated carbocycles. The Hall–Kier alpha value is -3.00. The number of nitrogens with zero attached hydrogens (tertiary/aromatic N) is 2. The molecule has 4 rings (SSSR count). The third-order valence-electron chi connectivity index (χ3n) is 4.68. The number of benzene rings is 2. The molecule has 0 saturated heterocycles. The fourth-order valence-corrected chi connectivity index (χ4v) is 4.21. The van der Waals surface area contributed by atoms with E-state index in [1.54, 1.807) is 18.2 Å². The first kappa shape index (κ1) is 18.4. The maximum absolute atomic E-state index is 13.8. The molecule has 28 heavy (non-hydrogen) atoms. The standard InChI is InChI=1S/C20H18FN3O3S/c1-12-5-9-15(10-6-12)28(25,26)27-19-16-4-2-3-13-7-8-14(21)11-17(13)18(16)23-20(22)24-19/h5-11H,2-4H2,1H3,(H2,22,23,24). The lowest BCUT2D eigenvalue weighted by Crippen LogP contribution is -2.14. The highest BCUT2D eigenvalue weighted by Crippen LogP contribution is 2.36. The molecule has 144 valence electrons. The molecule has 2 N–H and O–H groups in total. The summed E-state index contributed by atoms with van der Waals surface area (Å²) >= 11 is 0. The zero-order chi connectivity index (χ0) is 19.9. The van der Waals surface area contributed by atoms with Crippen LogP contribution >= 0.6 is 0 Å². The first-order valence-corrected chi connectivity index (χ1v) is 10.2. The minimum absolute atomic E-state index is 0.0177. The number of nitrogens with two attached hydrogens (primary N) is 1. The predicted molar refractivity (Wildman–Crippen MR) is 103 cm³/mol. The molecule has 0 radical (unpaired) electrons. The summed E-state index contributed by atoms with van der Waals surface area (Å²) in [7, 11) is -4.10. The van der Waals surface area contributed by atoms with E-state index in [-0.39, 0.29) is 16.7 Å². The van der Waals surface area contributed by atoms with Gasteiger partial charge in [-0.15, -0.1) is 0 Å². The molecule has 6 nitrogen and oxygen atoms in total. The molecule has 2 aromatic carbocycles. The summed E-state index contributed by atoms with van der Waals surface area (Å²) in [5.74, 6) is -0.649. The highest BCUT2D eigenvalue weighted by atomic mass is 32.2. The van der Waals surface area contributed by atoms with Crippen molar-refractivity contribution in [2.45, 2.75) is 31.1 Å². The molecule has 8 heteroatoms. The predicted octanol–water partition coefficient (Wildman–Crippen LogP) is 3.43. The summed E-state index contributed by atoms with van der Waals surface area (Å²) in [6.45, 7) is 1.86. The van der Waals surface area contributed by atoms with Crippen molar-refractivity contribution >= 4 is 16.1 Å². The van der Waals surface area contributed by atoms with Crippen LogP contribution in [-0.2, 0) is 23.0 Å². The summed E-state index contributed by atoms with van der Waals surface area (Å²) in [5.41, 5.74) is 9.17. The van der Waals surface area contributed by atoms with Gasteiger partial charge in [-0.3, -0.25) is 0 Å². The van der Waals surface area contributed by atoms with Crippen molar-refractivity contribution in [2.24, 2.45) is 0 Å². The van der Waals surface area contributed by atoms with Gasteiger partial charge in [-0.05, 0) is 56.0 Å². The van der Waals surface area contributed by atoms with E-state index in [4.69, 9.17) is 9.92 Å². The number of aryl methyl sites for hydroxylation is 2. The molecule has 0 amide bonds. The number of hydrogen-bond acceptors (Lipinski definition) is 6. The van der Waals surface area contributed by atoms with E-state index in [0.717, 1.165) is 17.5 Å². The van der Waals surface area contributed by atoms with Crippen LogP contribution in [0.25, 0.3) is 11.3 Å². The molecule has 0 aliphatic heterocycles. The molecular weight excluding hydrogens is 381 g/mol. The van der Waals surface area contributed by atoms with E-state index in [1.165, 1.54) is 24.3 Å². The van der Waals surface area contributed by atoms with E-state index in [9.17, 15) is 12.8 Å². The summed E-state index contributed by atoms with van der Waals surface area (Å²) in [6, 6.07) is 10.8. The number of fused-ring (bicyclic) bond motifs is 3. The summed E-state index contributed by atoms with van der Waals surface area (Å²) in [5, 5.41) is 0. The van der Waals surface area contributed by atoms with Crippen LogP contribution in [0.1, 0.15) is 23.1 Å². The van der Waals surface area contributed by atoms with Gasteiger partial charge in [0.05, 0.1) is 5.69 Å². The van der Waals surface area contributed by atoms with Crippen molar-refractivity contribution in [3.05, 3.63) is 65.0 Å². The minimum Gasteiger partial charge on any atom is -0.368 e. The SMILES string of the molecule is Cc1ccc(S(=O)(=O)Oc2nc(N)nc3c2CCCc2ccc(F)cc2-3)cc1. The summed E-state index contributed by atoms with van der Waals surface area (Å²) in [4.78, 5) is 8.30. The zero-order valence-corrected chi connectivity index (χ0v) is 16.0. The Morgan fingerprint density at radius 1 is 1.07 bits per heavy atom. The van der Waals surface area contributed by atoms with Crippen LogP contribution < -0.4 is 9.92 Å². The largest absolute Gasteiger partial charge is 0.368 e. The molecule has 3 aromatic rings. The van der Waals surface area contributed by atoms with E-state index >= 15 is 0 Å². The number of aromatic nitrogens is 2. The Kier molecular flexibility index (Phi) is 4.50. The Balaban J connectivity index is 1.83. The van der Waals surface area contributed by atoms with Gasteiger partial charge in [-0.1, -0.05) is 23.8 Å². The van der Waals surface area contributed by atoms with Crippen molar-refractivity contribution in [3.8, 4) is 17.1 Å². The Labute approximate surface area is 162 Å². The molecule has 1 aromatic heterocycles. The van der Waals surface area contributed by atoms with Crippen molar-refractivity contribution in [1.82, 2.24) is 9.97 Å². The van der Waals surface area contributed by atoms with E-state index in [1.807, 2.05) is 6.92 Å². The van der Waals surface area contributed by atoms with Crippen molar-refractivity contribution < 1.29 is 17.0 Å². The van der Waals surface area contributed by atoms with Gasteiger partial charge >= 0.3 is 10.1 Å². The average Bonchev–Trinajstić information content (AvgIpc) is 2.81. The quantitative estimate of drug-likeness (QED) is 0.678. The van der Waals surface area contributed by atoms with Crippen LogP contribution in [0.2, 0.25) is 0 Å². The highest BCUT2D eigenvalue weighted by molar-refractivity contribution is 7.87. The van der Waals surface area contributed by atoms with Crippen LogP contribution in [0.15, 0.2) is 47.4 Å². The third-order valence-corrected chi connectivity index (χ3v) is 5.91. The summed E-state index contributed by atoms with van der Waals surface area (Å²) < 4.78 is 44.6. The Morgan fingerprint density at radius 3 is 2.57 bits per heavy atom. The van der Waals surface area contributed by atoms with Gasteiger partial charge in [0.1, 0.15) is 10.7 Å². The van der Waals surface area contributed by atoms with Gasteiger partial charge < -0.3 is 9.92 Å². The molecule has 0 fully saturated rings. The smallest absolute Gasteiger partial charge is 0.340 e. The van der Waals surface area contributed by atoms with Crippen molar-refractivity contribution in [2.75, 3.05) is 5.73 Å². The lowest BCUT2D eigenvalue weighted by Gasteiger charge is -2.14. The number of nitrogen functional groups attached to an aromatic ring is 1. The number of halogens is 1. The van der Waals surface area contributed by atoms with Crippen LogP contribution in [0.3, 0.4) is 0 Å².